The van der Waals surface area contributed by atoms with E-state index in [0.717, 1.165) is 32.0 Å². The second kappa shape index (κ2) is 7.09. The lowest BCUT2D eigenvalue weighted by atomic mass is 10.0. The summed E-state index contributed by atoms with van der Waals surface area (Å²) >= 11 is 0. The first-order chi connectivity index (χ1) is 9.62. The number of likely N-dealkylation sites (tertiary alicyclic amines) is 1. The van der Waals surface area contributed by atoms with Crippen LogP contribution in [0.25, 0.3) is 0 Å². The molecular weight excluding hydrogens is 248 g/mol. The summed E-state index contributed by atoms with van der Waals surface area (Å²) in [6.45, 7) is 11.7. The fourth-order valence-corrected chi connectivity index (χ4v) is 2.82. The van der Waals surface area contributed by atoms with Crippen molar-refractivity contribution >= 4 is 0 Å². The van der Waals surface area contributed by atoms with Crippen molar-refractivity contribution < 1.29 is 4.74 Å². The molecule has 2 rings (SSSR count). The number of nitrogens with zero attached hydrogens (tertiary/aromatic N) is 1. The standard InChI is InChI=1S/C17H28N2O/c1-4-18-14-15-6-8-16(9-7-15)20-13-12-19-11-5-10-17(19,2)3/h6-9,18H,4-5,10-14H2,1-3H3. The fraction of sp³-hybridized carbons (Fsp3) is 0.647. The van der Waals surface area contributed by atoms with Gasteiger partial charge in [0.1, 0.15) is 12.4 Å². The Morgan fingerprint density at radius 1 is 1.25 bits per heavy atom. The van der Waals surface area contributed by atoms with E-state index >= 15 is 0 Å². The minimum Gasteiger partial charge on any atom is -0.492 e. The summed E-state index contributed by atoms with van der Waals surface area (Å²) in [5.41, 5.74) is 1.65. The van der Waals surface area contributed by atoms with Gasteiger partial charge in [0.25, 0.3) is 0 Å². The predicted molar refractivity (Wildman–Crippen MR) is 84.2 cm³/mol. The zero-order chi connectivity index (χ0) is 14.4. The number of hydrogen-bond donors (Lipinski definition) is 1. The molecule has 1 aromatic rings. The largest absolute Gasteiger partial charge is 0.492 e. The van der Waals surface area contributed by atoms with Crippen LogP contribution >= 0.6 is 0 Å². The number of benzene rings is 1. The van der Waals surface area contributed by atoms with Gasteiger partial charge in [0.15, 0.2) is 0 Å². The van der Waals surface area contributed by atoms with Crippen LogP contribution in [-0.4, -0.2) is 36.7 Å². The molecule has 0 aromatic heterocycles. The summed E-state index contributed by atoms with van der Waals surface area (Å²) in [4.78, 5) is 2.53. The van der Waals surface area contributed by atoms with Crippen molar-refractivity contribution in [3.63, 3.8) is 0 Å². The molecule has 0 amide bonds. The third-order valence-electron chi connectivity index (χ3n) is 4.21. The highest BCUT2D eigenvalue weighted by atomic mass is 16.5. The topological polar surface area (TPSA) is 24.5 Å². The van der Waals surface area contributed by atoms with Crippen LogP contribution in [0.3, 0.4) is 0 Å². The smallest absolute Gasteiger partial charge is 0.119 e. The van der Waals surface area contributed by atoms with Crippen molar-refractivity contribution in [3.05, 3.63) is 29.8 Å². The van der Waals surface area contributed by atoms with Gasteiger partial charge in [-0.25, -0.2) is 0 Å². The van der Waals surface area contributed by atoms with Gasteiger partial charge < -0.3 is 10.1 Å². The number of ether oxygens (including phenoxy) is 1. The maximum Gasteiger partial charge on any atom is 0.119 e. The average Bonchev–Trinajstić information content (AvgIpc) is 2.77. The van der Waals surface area contributed by atoms with Crippen molar-refractivity contribution in [2.75, 3.05) is 26.2 Å². The molecule has 3 nitrogen and oxygen atoms in total. The normalized spacial score (nSPS) is 18.4. The van der Waals surface area contributed by atoms with Crippen molar-refractivity contribution in [1.29, 1.82) is 0 Å². The van der Waals surface area contributed by atoms with E-state index in [4.69, 9.17) is 4.74 Å². The van der Waals surface area contributed by atoms with Crippen LogP contribution in [0.15, 0.2) is 24.3 Å². The lowest BCUT2D eigenvalue weighted by molar-refractivity contribution is 0.143. The Morgan fingerprint density at radius 2 is 2.00 bits per heavy atom. The Hall–Kier alpha value is -1.06. The second-order valence-corrected chi connectivity index (χ2v) is 6.18. The van der Waals surface area contributed by atoms with Crippen molar-refractivity contribution in [1.82, 2.24) is 10.2 Å². The van der Waals surface area contributed by atoms with Gasteiger partial charge in [0, 0.05) is 18.6 Å². The van der Waals surface area contributed by atoms with E-state index < -0.39 is 0 Å². The molecule has 1 aromatic carbocycles. The lowest BCUT2D eigenvalue weighted by Gasteiger charge is -2.31. The Kier molecular flexibility index (Phi) is 5.44. The van der Waals surface area contributed by atoms with Crippen molar-refractivity contribution in [2.45, 2.75) is 45.7 Å². The maximum absolute atomic E-state index is 5.86. The van der Waals surface area contributed by atoms with Crippen LogP contribution in [0, 0.1) is 0 Å². The highest BCUT2D eigenvalue weighted by molar-refractivity contribution is 5.27. The average molecular weight is 276 g/mol. The van der Waals surface area contributed by atoms with Crippen LogP contribution in [-0.2, 0) is 6.54 Å². The molecule has 0 atom stereocenters. The molecule has 0 unspecified atom stereocenters. The third kappa shape index (κ3) is 4.22. The Labute approximate surface area is 123 Å². The minimum atomic E-state index is 0.346. The molecule has 0 spiro atoms. The van der Waals surface area contributed by atoms with Gasteiger partial charge in [-0.1, -0.05) is 19.1 Å². The van der Waals surface area contributed by atoms with Gasteiger partial charge in [-0.15, -0.1) is 0 Å². The molecule has 1 saturated heterocycles. The van der Waals surface area contributed by atoms with Crippen LogP contribution in [0.2, 0.25) is 0 Å². The van der Waals surface area contributed by atoms with E-state index in [1.807, 2.05) is 0 Å². The van der Waals surface area contributed by atoms with Gasteiger partial charge in [0.2, 0.25) is 0 Å². The quantitative estimate of drug-likeness (QED) is 0.828. The number of hydrogen-bond acceptors (Lipinski definition) is 3. The third-order valence-corrected chi connectivity index (χ3v) is 4.21. The van der Waals surface area contributed by atoms with Gasteiger partial charge in [-0.05, 0) is 57.5 Å². The van der Waals surface area contributed by atoms with E-state index in [1.54, 1.807) is 0 Å². The summed E-state index contributed by atoms with van der Waals surface area (Å²) in [7, 11) is 0. The Bertz CT molecular complexity index is 400. The predicted octanol–water partition coefficient (Wildman–Crippen LogP) is 3.05. The number of rotatable bonds is 7. The van der Waals surface area contributed by atoms with Gasteiger partial charge >= 0.3 is 0 Å². The monoisotopic (exact) mass is 276 g/mol. The Morgan fingerprint density at radius 3 is 2.60 bits per heavy atom. The van der Waals surface area contributed by atoms with E-state index in [9.17, 15) is 0 Å². The maximum atomic E-state index is 5.86. The molecule has 1 heterocycles. The van der Waals surface area contributed by atoms with E-state index in [2.05, 4.69) is 55.3 Å². The zero-order valence-corrected chi connectivity index (χ0v) is 13.1. The highest BCUT2D eigenvalue weighted by Gasteiger charge is 2.31. The van der Waals surface area contributed by atoms with Crippen LogP contribution in [0.5, 0.6) is 5.75 Å². The second-order valence-electron chi connectivity index (χ2n) is 6.18. The first-order valence-electron chi connectivity index (χ1n) is 7.79. The lowest BCUT2D eigenvalue weighted by Crippen LogP contribution is -2.40. The van der Waals surface area contributed by atoms with Crippen LogP contribution < -0.4 is 10.1 Å². The summed E-state index contributed by atoms with van der Waals surface area (Å²) < 4.78 is 5.86. The molecule has 1 aliphatic rings. The fourth-order valence-electron chi connectivity index (χ4n) is 2.82. The molecule has 0 radical (unpaired) electrons. The molecule has 0 aliphatic carbocycles. The molecule has 0 saturated carbocycles. The highest BCUT2D eigenvalue weighted by Crippen LogP contribution is 2.27. The first-order valence-corrected chi connectivity index (χ1v) is 7.79. The summed E-state index contributed by atoms with van der Waals surface area (Å²) in [5.74, 6) is 0.974. The van der Waals surface area contributed by atoms with Crippen LogP contribution in [0.4, 0.5) is 0 Å². The molecular formula is C17H28N2O. The zero-order valence-electron chi connectivity index (χ0n) is 13.1. The molecule has 3 heteroatoms. The van der Waals surface area contributed by atoms with E-state index in [0.29, 0.717) is 5.54 Å². The van der Waals surface area contributed by atoms with Gasteiger partial charge in [-0.3, -0.25) is 4.90 Å². The van der Waals surface area contributed by atoms with Crippen molar-refractivity contribution in [2.24, 2.45) is 0 Å². The first kappa shape index (κ1) is 15.3. The molecule has 1 fully saturated rings. The molecule has 1 N–H and O–H groups in total. The summed E-state index contributed by atoms with van der Waals surface area (Å²) in [6, 6.07) is 8.42. The van der Waals surface area contributed by atoms with E-state index in [-0.39, 0.29) is 0 Å². The number of nitrogens with one attached hydrogen (secondary N) is 1. The van der Waals surface area contributed by atoms with Gasteiger partial charge in [0.05, 0.1) is 0 Å². The minimum absolute atomic E-state index is 0.346. The van der Waals surface area contributed by atoms with Crippen molar-refractivity contribution in [3.8, 4) is 5.75 Å². The molecule has 1 aliphatic heterocycles. The Balaban J connectivity index is 1.74. The van der Waals surface area contributed by atoms with Crippen LogP contribution in [0.1, 0.15) is 39.2 Å². The van der Waals surface area contributed by atoms with Gasteiger partial charge in [-0.2, -0.15) is 0 Å². The molecule has 20 heavy (non-hydrogen) atoms. The van der Waals surface area contributed by atoms with E-state index in [1.165, 1.54) is 24.9 Å². The molecule has 112 valence electrons. The molecule has 0 bridgehead atoms. The SMILES string of the molecule is CCNCc1ccc(OCCN2CCCC2(C)C)cc1. The summed E-state index contributed by atoms with van der Waals surface area (Å²) in [5, 5.41) is 3.33. The summed E-state index contributed by atoms with van der Waals surface area (Å²) in [6.07, 6.45) is 2.61.